The third-order valence-corrected chi connectivity index (χ3v) is 34.2. The number of aliphatic hydroxyl groups excluding tert-OH is 1. The highest BCUT2D eigenvalue weighted by Gasteiger charge is 2.62. The van der Waals surface area contributed by atoms with Crippen molar-refractivity contribution >= 4 is 21.4 Å². The van der Waals surface area contributed by atoms with E-state index in [0.29, 0.717) is 87.4 Å². The number of phosphoric ester groups is 2. The lowest BCUT2D eigenvalue weighted by atomic mass is 9.73. The first-order chi connectivity index (χ1) is 60.5. The van der Waals surface area contributed by atoms with Gasteiger partial charge in [0, 0.05) is 32.1 Å². The fourth-order valence-corrected chi connectivity index (χ4v) is 27.5. The summed E-state index contributed by atoms with van der Waals surface area (Å²) in [5.74, 6) is 3.33. The average molecular weight is 1850 g/mol. The van der Waals surface area contributed by atoms with Crippen molar-refractivity contribution in [1.29, 1.82) is 5.26 Å². The first-order valence-corrected chi connectivity index (χ1v) is 52.7. The summed E-state index contributed by atoms with van der Waals surface area (Å²) in [5.41, 5.74) is 4.67. The van der Waals surface area contributed by atoms with E-state index in [2.05, 4.69) is 149 Å². The number of nitriles is 1. The van der Waals surface area contributed by atoms with Gasteiger partial charge in [-0.05, 0) is 285 Å². The van der Waals surface area contributed by atoms with Crippen LogP contribution < -0.4 is 0 Å². The molecule has 6 saturated carbocycles. The van der Waals surface area contributed by atoms with Crippen LogP contribution >= 0.6 is 15.6 Å². The van der Waals surface area contributed by atoms with Gasteiger partial charge in [0.15, 0.2) is 0 Å². The number of aliphatic hydroxyl groups is 1. The van der Waals surface area contributed by atoms with Gasteiger partial charge in [0.1, 0.15) is 18.9 Å². The zero-order valence-corrected chi connectivity index (χ0v) is 85.2. The summed E-state index contributed by atoms with van der Waals surface area (Å²) in [6.45, 7) is 63.4. The van der Waals surface area contributed by atoms with Gasteiger partial charge in [-0.15, -0.1) is 0 Å². The Kier molecular flexibility index (Phi) is 38.0. The summed E-state index contributed by atoms with van der Waals surface area (Å²) in [4.78, 5) is 11.0. The van der Waals surface area contributed by atoms with E-state index < -0.39 is 38.5 Å². The number of hydrogen-bond donors (Lipinski definition) is 7. The topological polar surface area (TPSA) is 314 Å². The van der Waals surface area contributed by atoms with E-state index in [1.54, 1.807) is 10.1 Å². The summed E-state index contributed by atoms with van der Waals surface area (Å²) < 4.78 is 70.8. The molecule has 8 aliphatic heterocycles. The molecule has 129 heavy (non-hydrogen) atoms. The standard InChI is InChI=1S/C29H46N4O9P2.C18H31NO2.C17H29NO.C15H25NO3.C11H21NO.C10H20N2O/c1-6-19-37-43(35,38-20-7-16-30)42-26-10-14-29(15-11-26)27(24(2)3)23-28(33(29)34)12-8-25(9-13-28)41-44(36,39-21-17-31-4)40-22-18-32-5;1-13(2)16-12-17(8-4-14(3)5-9-17)19(21)18(16)10-6-15(20)7-11-18;1-14(2)15-13-16(9-5-3-6-10-16)18(19)17(15)11-7-4-8-12-17;1-12(2)13-11-14(3-7-18-8-4-14)16(17)15(13)5-9-19-10-6-15;1-8(2)9-7-10(3,4)12(13)11(9,5)6;1-7(2)8-9(3,4)12(13)10(5,6)11-8/h23-26,34H,6-15,17-22H2,1-3H3;12-15,20-21H,4-11H2,1-3H3;13-14,19H,3-12H2,1-2H3;11-12,17H,3-10H2,1-2H3;7-8,13H,1-6H3;7,13H,1-6H3. The van der Waals surface area contributed by atoms with Gasteiger partial charge in [-0.2, -0.15) is 35.6 Å². The molecule has 0 radical (unpaired) electrons. The van der Waals surface area contributed by atoms with E-state index in [9.17, 15) is 45.5 Å². The lowest BCUT2D eigenvalue weighted by molar-refractivity contribution is -0.237. The Morgan fingerprint density at radius 2 is 0.775 bits per heavy atom. The first-order valence-electron chi connectivity index (χ1n) is 49.7. The van der Waals surface area contributed by atoms with Gasteiger partial charge >= 0.3 is 15.6 Å². The van der Waals surface area contributed by atoms with Crippen molar-refractivity contribution in [2.75, 3.05) is 65.9 Å². The van der Waals surface area contributed by atoms with Crippen LogP contribution in [0.4, 0.5) is 0 Å². The molecule has 8 heterocycles. The SMILES string of the molecule is CC(C)C1=CC(C)(C)N(O)C1(C)C.CC(C)C1=CC2(CCCCC2)N(O)C12CCCCC2.CC(C)C1=CC2(CCOCC2)N(O)C12CCOCC2.CC(C)C1=NC(C)(C)N(O)C1(C)C.CC1CCC2(C=C(C(C)C)C3(CCC(O)CC3)N2O)CC1.[C-]#[N+]CCOP(=O)(OCC[N+]#[C-])OC1CCC2(C=C(C(C)C)C3(CCC(OP(=O)(OCCC)OCCC#N)CC3)N2O)CC1. The van der Waals surface area contributed by atoms with Crippen molar-refractivity contribution in [3.63, 3.8) is 0 Å². The molecule has 1 atom stereocenters. The number of ether oxygens (including phenoxy) is 2. The second-order valence-corrected chi connectivity index (χ2v) is 47.1. The first kappa shape index (κ1) is 109. The third kappa shape index (κ3) is 23.9. The number of phosphoric acid groups is 2. The highest BCUT2D eigenvalue weighted by atomic mass is 31.2. The van der Waals surface area contributed by atoms with Crippen LogP contribution in [-0.2, 0) is 45.7 Å². The molecule has 0 bridgehead atoms. The fraction of sp³-hybridized carbons (Fsp3) is 0.860. The molecule has 0 aromatic heterocycles. The van der Waals surface area contributed by atoms with E-state index in [1.165, 1.54) is 88.8 Å². The Bertz CT molecular complexity index is 3910. The average Bonchev–Trinajstić information content (AvgIpc) is 1.57. The molecule has 8 fully saturated rings. The monoisotopic (exact) mass is 1850 g/mol. The van der Waals surface area contributed by atoms with Gasteiger partial charge in [-0.3, -0.25) is 32.1 Å². The Hall–Kier alpha value is -3.54. The molecule has 8 spiro atoms. The van der Waals surface area contributed by atoms with Crippen LogP contribution in [0.5, 0.6) is 0 Å². The quantitative estimate of drug-likeness (QED) is 0.0229. The Balaban J connectivity index is 0.000000186. The summed E-state index contributed by atoms with van der Waals surface area (Å²) >= 11 is 0. The number of hydroxylamine groups is 12. The molecule has 2 saturated heterocycles. The number of rotatable bonds is 22. The maximum Gasteiger partial charge on any atom is 0.475 e. The second kappa shape index (κ2) is 44.9. The summed E-state index contributed by atoms with van der Waals surface area (Å²) in [5, 5.41) is 93.3. The molecule has 1 unspecified atom stereocenters. The Labute approximate surface area is 777 Å². The minimum atomic E-state index is -3.96. The largest absolute Gasteiger partial charge is 0.475 e. The van der Waals surface area contributed by atoms with E-state index in [4.69, 9.17) is 55.0 Å². The molecule has 734 valence electrons. The smallest absolute Gasteiger partial charge is 0.393 e. The fourth-order valence-electron chi connectivity index (χ4n) is 24.6. The molecule has 0 aromatic rings. The van der Waals surface area contributed by atoms with Crippen LogP contribution in [0.15, 0.2) is 63.2 Å². The van der Waals surface area contributed by atoms with Crippen molar-refractivity contribution in [3.8, 4) is 6.07 Å². The molecule has 0 amide bonds. The molecular weight excluding hydrogens is 1680 g/mol. The zero-order chi connectivity index (χ0) is 95.4. The molecule has 6 aliphatic carbocycles. The number of nitrogens with zero attached hydrogens (tertiary/aromatic N) is 10. The van der Waals surface area contributed by atoms with E-state index >= 15 is 0 Å². The molecule has 14 aliphatic rings. The highest BCUT2D eigenvalue weighted by Crippen LogP contribution is 2.62. The van der Waals surface area contributed by atoms with Crippen LogP contribution in [0.2, 0.25) is 0 Å². The van der Waals surface area contributed by atoms with Crippen LogP contribution in [-0.4, -0.2) is 223 Å². The summed E-state index contributed by atoms with van der Waals surface area (Å²) in [7, 11) is -7.79. The molecule has 14 rings (SSSR count). The second-order valence-electron chi connectivity index (χ2n) is 43.9. The predicted molar refractivity (Wildman–Crippen MR) is 504 cm³/mol. The van der Waals surface area contributed by atoms with E-state index in [1.807, 2.05) is 59.6 Å². The molecule has 27 nitrogen and oxygen atoms in total. The van der Waals surface area contributed by atoms with Crippen molar-refractivity contribution in [1.82, 2.24) is 30.4 Å². The van der Waals surface area contributed by atoms with Crippen LogP contribution in [0, 0.1) is 65.9 Å². The summed E-state index contributed by atoms with van der Waals surface area (Å²) in [6.07, 6.45) is 39.7. The normalized spacial score (nSPS) is 31.4. The Morgan fingerprint density at radius 1 is 0.434 bits per heavy atom. The third-order valence-electron chi connectivity index (χ3n) is 31.1. The van der Waals surface area contributed by atoms with Gasteiger partial charge in [0.05, 0.1) is 105 Å². The van der Waals surface area contributed by atoms with Crippen molar-refractivity contribution in [3.05, 3.63) is 81.1 Å². The Morgan fingerprint density at radius 3 is 1.12 bits per heavy atom. The molecule has 7 N–H and O–H groups in total. The van der Waals surface area contributed by atoms with Gasteiger partial charge in [-0.25, -0.2) is 22.3 Å². The van der Waals surface area contributed by atoms with Crippen molar-refractivity contribution < 1.29 is 82.1 Å². The van der Waals surface area contributed by atoms with Gasteiger partial charge in [-0.1, -0.05) is 166 Å². The highest BCUT2D eigenvalue weighted by molar-refractivity contribution is 7.48. The van der Waals surface area contributed by atoms with Gasteiger partial charge in [0.2, 0.25) is 13.1 Å². The minimum Gasteiger partial charge on any atom is -0.393 e. The van der Waals surface area contributed by atoms with Crippen LogP contribution in [0.1, 0.15) is 358 Å². The minimum absolute atomic E-state index is 0.0102. The molecule has 29 heteroatoms. The molecule has 0 aromatic carbocycles. The number of hydrogen-bond acceptors (Lipinski definition) is 25. The van der Waals surface area contributed by atoms with E-state index in [0.717, 1.165) is 134 Å². The maximum atomic E-state index is 13.3. The summed E-state index contributed by atoms with van der Waals surface area (Å²) in [6, 6.07) is 1.97. The van der Waals surface area contributed by atoms with Gasteiger partial charge in [0.25, 0.3) is 0 Å². The predicted octanol–water partition coefficient (Wildman–Crippen LogP) is 23.2. The molecular formula is C100H172N10O17P2. The van der Waals surface area contributed by atoms with Crippen molar-refractivity contribution in [2.24, 2.45) is 46.4 Å². The van der Waals surface area contributed by atoms with Gasteiger partial charge < -0.3 is 55.5 Å². The maximum absolute atomic E-state index is 13.3. The zero-order valence-electron chi connectivity index (χ0n) is 83.4. The lowest BCUT2D eigenvalue weighted by Gasteiger charge is -2.50. The van der Waals surface area contributed by atoms with E-state index in [-0.39, 0.29) is 114 Å². The van der Waals surface area contributed by atoms with Crippen LogP contribution in [0.3, 0.4) is 0 Å². The van der Waals surface area contributed by atoms with Crippen molar-refractivity contribution in [2.45, 2.75) is 443 Å². The van der Waals surface area contributed by atoms with Crippen LogP contribution in [0.25, 0.3) is 9.69 Å². The number of aliphatic imine (C=N–C) groups is 1. The lowest BCUT2D eigenvalue weighted by Crippen LogP contribution is -2.58.